The molecule has 2 heterocycles. The standard InChI is InChI=1S/C25H40N4O5/c1-18(28-11-5-6-12-28)7-10-26-23(30)15-19-8-13-29(14-9-19)25(31)27-20-16-21(32-2)24(34-4)22(17-20)33-3/h16-19H,5-15H2,1-4H3,(H,26,30)(H,27,31)/t18-/m1/s1. The summed E-state index contributed by atoms with van der Waals surface area (Å²) in [6.45, 7) is 6.59. The van der Waals surface area contributed by atoms with E-state index in [0.717, 1.165) is 25.8 Å². The van der Waals surface area contributed by atoms with Crippen LogP contribution in [0, 0.1) is 5.92 Å². The van der Waals surface area contributed by atoms with Crippen LogP contribution in [-0.2, 0) is 4.79 Å². The van der Waals surface area contributed by atoms with Gasteiger partial charge in [-0.25, -0.2) is 4.79 Å². The molecule has 0 bridgehead atoms. The summed E-state index contributed by atoms with van der Waals surface area (Å²) in [5, 5.41) is 6.01. The number of piperidine rings is 1. The van der Waals surface area contributed by atoms with E-state index in [1.165, 1.54) is 47.3 Å². The van der Waals surface area contributed by atoms with Crippen LogP contribution in [0.15, 0.2) is 12.1 Å². The first kappa shape index (κ1) is 25.9. The Labute approximate surface area is 203 Å². The van der Waals surface area contributed by atoms with Crippen LogP contribution in [0.2, 0.25) is 0 Å². The normalized spacial score (nSPS) is 17.8. The summed E-state index contributed by atoms with van der Waals surface area (Å²) in [6.07, 6.45) is 5.73. The maximum Gasteiger partial charge on any atom is 0.321 e. The molecule has 2 aliphatic rings. The second-order valence-electron chi connectivity index (χ2n) is 9.21. The summed E-state index contributed by atoms with van der Waals surface area (Å²) in [5.74, 6) is 1.87. The zero-order valence-corrected chi connectivity index (χ0v) is 21.0. The zero-order chi connectivity index (χ0) is 24.5. The number of methoxy groups -OCH3 is 3. The van der Waals surface area contributed by atoms with Gasteiger partial charge in [-0.05, 0) is 58.0 Å². The number of carbonyl (C=O) groups is 2. The van der Waals surface area contributed by atoms with Crippen LogP contribution < -0.4 is 24.8 Å². The van der Waals surface area contributed by atoms with Gasteiger partial charge < -0.3 is 34.6 Å². The molecule has 0 saturated carbocycles. The Balaban J connectivity index is 1.40. The van der Waals surface area contributed by atoms with Gasteiger partial charge in [0.1, 0.15) is 0 Å². The highest BCUT2D eigenvalue weighted by Gasteiger charge is 2.25. The van der Waals surface area contributed by atoms with Gasteiger partial charge in [0.15, 0.2) is 11.5 Å². The molecule has 2 aliphatic heterocycles. The lowest BCUT2D eigenvalue weighted by Crippen LogP contribution is -2.42. The topological polar surface area (TPSA) is 92.4 Å². The fraction of sp³-hybridized carbons (Fsp3) is 0.680. The SMILES string of the molecule is COc1cc(NC(=O)N2CCC(CC(=O)NCC[C@@H](C)N3CCCC3)CC2)cc(OC)c1OC. The van der Waals surface area contributed by atoms with Crippen molar-refractivity contribution in [2.24, 2.45) is 5.92 Å². The maximum atomic E-state index is 12.8. The first-order chi connectivity index (χ1) is 16.4. The van der Waals surface area contributed by atoms with Gasteiger partial charge in [-0.1, -0.05) is 0 Å². The number of urea groups is 1. The first-order valence-electron chi connectivity index (χ1n) is 12.3. The minimum absolute atomic E-state index is 0.119. The Bertz CT molecular complexity index is 795. The molecule has 2 N–H and O–H groups in total. The number of hydrogen-bond acceptors (Lipinski definition) is 6. The molecule has 3 amide bonds. The smallest absolute Gasteiger partial charge is 0.321 e. The fourth-order valence-corrected chi connectivity index (χ4v) is 4.82. The predicted molar refractivity (Wildman–Crippen MR) is 132 cm³/mol. The molecule has 0 spiro atoms. The minimum Gasteiger partial charge on any atom is -0.493 e. The monoisotopic (exact) mass is 476 g/mol. The van der Waals surface area contributed by atoms with Gasteiger partial charge in [0.05, 0.1) is 27.0 Å². The largest absolute Gasteiger partial charge is 0.493 e. The molecule has 190 valence electrons. The average Bonchev–Trinajstić information content (AvgIpc) is 3.39. The van der Waals surface area contributed by atoms with E-state index in [-0.39, 0.29) is 11.9 Å². The van der Waals surface area contributed by atoms with Crippen LogP contribution in [0.4, 0.5) is 10.5 Å². The number of hydrogen-bond donors (Lipinski definition) is 2. The lowest BCUT2D eigenvalue weighted by Gasteiger charge is -2.32. The Kier molecular flexibility index (Phi) is 9.68. The van der Waals surface area contributed by atoms with Crippen LogP contribution in [0.5, 0.6) is 17.2 Å². The lowest BCUT2D eigenvalue weighted by atomic mass is 9.93. The highest BCUT2D eigenvalue weighted by Crippen LogP contribution is 2.40. The molecule has 34 heavy (non-hydrogen) atoms. The third-order valence-electron chi connectivity index (χ3n) is 6.94. The minimum atomic E-state index is -0.173. The number of ether oxygens (including phenoxy) is 3. The molecule has 0 radical (unpaired) electrons. The van der Waals surface area contributed by atoms with E-state index in [2.05, 4.69) is 22.5 Å². The molecule has 1 aromatic carbocycles. The molecular weight excluding hydrogens is 436 g/mol. The van der Waals surface area contributed by atoms with Crippen molar-refractivity contribution in [3.63, 3.8) is 0 Å². The maximum absolute atomic E-state index is 12.8. The van der Waals surface area contributed by atoms with Gasteiger partial charge in [-0.2, -0.15) is 0 Å². The zero-order valence-electron chi connectivity index (χ0n) is 21.0. The molecule has 0 aromatic heterocycles. The number of likely N-dealkylation sites (tertiary alicyclic amines) is 2. The van der Waals surface area contributed by atoms with Crippen molar-refractivity contribution >= 4 is 17.6 Å². The van der Waals surface area contributed by atoms with Gasteiger partial charge in [0.25, 0.3) is 0 Å². The first-order valence-corrected chi connectivity index (χ1v) is 12.3. The van der Waals surface area contributed by atoms with E-state index in [0.29, 0.717) is 54.4 Å². The number of nitrogens with zero attached hydrogens (tertiary/aromatic N) is 2. The van der Waals surface area contributed by atoms with Gasteiger partial charge in [-0.3, -0.25) is 4.79 Å². The Hall–Kier alpha value is -2.68. The summed E-state index contributed by atoms with van der Waals surface area (Å²) in [5.41, 5.74) is 0.573. The van der Waals surface area contributed by atoms with Crippen LogP contribution in [0.25, 0.3) is 0 Å². The van der Waals surface area contributed by atoms with E-state index in [1.807, 2.05) is 0 Å². The third-order valence-corrected chi connectivity index (χ3v) is 6.94. The lowest BCUT2D eigenvalue weighted by molar-refractivity contribution is -0.122. The number of anilines is 1. The summed E-state index contributed by atoms with van der Waals surface area (Å²) in [7, 11) is 4.62. The Morgan fingerprint density at radius 1 is 1.00 bits per heavy atom. The van der Waals surface area contributed by atoms with Crippen molar-refractivity contribution in [2.75, 3.05) is 59.4 Å². The number of benzene rings is 1. The number of nitrogens with one attached hydrogen (secondary N) is 2. The van der Waals surface area contributed by atoms with E-state index < -0.39 is 0 Å². The van der Waals surface area contributed by atoms with E-state index in [4.69, 9.17) is 14.2 Å². The fourth-order valence-electron chi connectivity index (χ4n) is 4.82. The molecule has 1 aromatic rings. The van der Waals surface area contributed by atoms with E-state index in [9.17, 15) is 9.59 Å². The van der Waals surface area contributed by atoms with E-state index >= 15 is 0 Å². The summed E-state index contributed by atoms with van der Waals surface area (Å²) >= 11 is 0. The Morgan fingerprint density at radius 2 is 1.62 bits per heavy atom. The summed E-state index contributed by atoms with van der Waals surface area (Å²) in [6, 6.07) is 3.77. The highest BCUT2D eigenvalue weighted by molar-refractivity contribution is 5.90. The van der Waals surface area contributed by atoms with Gasteiger partial charge in [-0.15, -0.1) is 0 Å². The molecule has 9 heteroatoms. The Morgan fingerprint density at radius 3 is 2.18 bits per heavy atom. The summed E-state index contributed by atoms with van der Waals surface area (Å²) in [4.78, 5) is 29.5. The number of amides is 3. The number of rotatable bonds is 10. The summed E-state index contributed by atoms with van der Waals surface area (Å²) < 4.78 is 16.0. The molecule has 2 fully saturated rings. The average molecular weight is 477 g/mol. The van der Waals surface area contributed by atoms with Gasteiger partial charge >= 0.3 is 6.03 Å². The molecule has 9 nitrogen and oxygen atoms in total. The molecule has 0 aliphatic carbocycles. The van der Waals surface area contributed by atoms with Crippen molar-refractivity contribution in [3.8, 4) is 17.2 Å². The van der Waals surface area contributed by atoms with Crippen molar-refractivity contribution in [1.29, 1.82) is 0 Å². The van der Waals surface area contributed by atoms with E-state index in [1.54, 1.807) is 17.0 Å². The van der Waals surface area contributed by atoms with Crippen molar-refractivity contribution in [3.05, 3.63) is 12.1 Å². The van der Waals surface area contributed by atoms with Crippen molar-refractivity contribution < 1.29 is 23.8 Å². The quantitative estimate of drug-likeness (QED) is 0.538. The molecule has 2 saturated heterocycles. The van der Waals surface area contributed by atoms with Crippen LogP contribution in [0.3, 0.4) is 0 Å². The van der Waals surface area contributed by atoms with Crippen molar-refractivity contribution in [1.82, 2.24) is 15.1 Å². The van der Waals surface area contributed by atoms with Gasteiger partial charge in [0, 0.05) is 44.2 Å². The predicted octanol–water partition coefficient (Wildman–Crippen LogP) is 3.34. The number of carbonyl (C=O) groups excluding carboxylic acids is 2. The van der Waals surface area contributed by atoms with Crippen LogP contribution in [-0.4, -0.2) is 81.8 Å². The molecule has 1 atom stereocenters. The third kappa shape index (κ3) is 6.91. The molecular formula is C25H40N4O5. The van der Waals surface area contributed by atoms with Gasteiger partial charge in [0.2, 0.25) is 11.7 Å². The highest BCUT2D eigenvalue weighted by atomic mass is 16.5. The second-order valence-corrected chi connectivity index (χ2v) is 9.21. The van der Waals surface area contributed by atoms with Crippen LogP contribution in [0.1, 0.15) is 45.4 Å². The second kappa shape index (κ2) is 12.7. The van der Waals surface area contributed by atoms with Crippen molar-refractivity contribution in [2.45, 2.75) is 51.5 Å². The molecule has 3 rings (SSSR count). The van der Waals surface area contributed by atoms with Crippen LogP contribution >= 0.6 is 0 Å². The molecule has 0 unspecified atom stereocenters.